The van der Waals surface area contributed by atoms with E-state index in [2.05, 4.69) is 44.0 Å². The summed E-state index contributed by atoms with van der Waals surface area (Å²) in [6.45, 7) is 10.7. The van der Waals surface area contributed by atoms with Crippen LogP contribution < -0.4 is 5.32 Å². The second kappa shape index (κ2) is 8.51. The average Bonchev–Trinajstić information content (AvgIpc) is 2.21. The predicted octanol–water partition coefficient (Wildman–Crippen LogP) is 1.23. The molecular formula is C12H25N3O. The Hall–Kier alpha value is -0.630. The molecule has 16 heavy (non-hydrogen) atoms. The number of hydrogen-bond donors (Lipinski definition) is 1. The largest absolute Gasteiger partial charge is 0.383 e. The molecule has 0 aromatic heterocycles. The third-order valence-electron chi connectivity index (χ3n) is 2.42. The quantitative estimate of drug-likeness (QED) is 0.677. The topological polar surface area (TPSA) is 48.3 Å². The Morgan fingerprint density at radius 1 is 1.31 bits per heavy atom. The number of nitrogens with one attached hydrogen (secondary N) is 1. The van der Waals surface area contributed by atoms with E-state index in [1.165, 1.54) is 0 Å². The Morgan fingerprint density at radius 2 is 1.94 bits per heavy atom. The van der Waals surface area contributed by atoms with Gasteiger partial charge in [-0.15, -0.1) is 0 Å². The molecule has 0 aliphatic heterocycles. The molecular weight excluding hydrogens is 202 g/mol. The molecule has 0 fully saturated rings. The van der Waals surface area contributed by atoms with Gasteiger partial charge in [0.05, 0.1) is 12.7 Å². The van der Waals surface area contributed by atoms with E-state index in [1.807, 2.05) is 0 Å². The lowest BCUT2D eigenvalue weighted by Crippen LogP contribution is -2.46. The molecule has 1 N–H and O–H groups in total. The van der Waals surface area contributed by atoms with Crippen molar-refractivity contribution in [1.82, 2.24) is 10.2 Å². The molecule has 1 atom stereocenters. The third-order valence-corrected chi connectivity index (χ3v) is 2.42. The fourth-order valence-corrected chi connectivity index (χ4v) is 1.54. The van der Waals surface area contributed by atoms with E-state index in [1.54, 1.807) is 7.11 Å². The smallest absolute Gasteiger partial charge is 0.108 e. The van der Waals surface area contributed by atoms with Crippen LogP contribution in [0.5, 0.6) is 0 Å². The second-order valence-corrected chi connectivity index (χ2v) is 4.58. The maximum absolute atomic E-state index is 9.06. The Bertz CT molecular complexity index is 211. The molecule has 0 saturated carbocycles. The summed E-state index contributed by atoms with van der Waals surface area (Å²) in [7, 11) is 1.70. The van der Waals surface area contributed by atoms with Gasteiger partial charge in [-0.05, 0) is 27.7 Å². The number of methoxy groups -OCH3 is 1. The van der Waals surface area contributed by atoms with Gasteiger partial charge in [-0.2, -0.15) is 5.26 Å². The fourth-order valence-electron chi connectivity index (χ4n) is 1.54. The SMILES string of the molecule is COCCN(CC(C#N)NC(C)C)C(C)C. The molecule has 4 heteroatoms. The van der Waals surface area contributed by atoms with Gasteiger partial charge in [0, 0.05) is 32.3 Å². The Labute approximate surface area is 99.6 Å². The van der Waals surface area contributed by atoms with Crippen molar-refractivity contribution in [2.45, 2.75) is 45.8 Å². The lowest BCUT2D eigenvalue weighted by Gasteiger charge is -2.29. The van der Waals surface area contributed by atoms with Gasteiger partial charge >= 0.3 is 0 Å². The highest BCUT2D eigenvalue weighted by Gasteiger charge is 2.16. The van der Waals surface area contributed by atoms with Gasteiger partial charge in [-0.25, -0.2) is 0 Å². The van der Waals surface area contributed by atoms with Crippen molar-refractivity contribution < 1.29 is 4.74 Å². The molecule has 0 aliphatic rings. The Kier molecular flexibility index (Phi) is 8.18. The minimum Gasteiger partial charge on any atom is -0.383 e. The Morgan fingerprint density at radius 3 is 2.31 bits per heavy atom. The molecule has 94 valence electrons. The summed E-state index contributed by atoms with van der Waals surface area (Å²) in [5.41, 5.74) is 0. The van der Waals surface area contributed by atoms with Gasteiger partial charge in [0.1, 0.15) is 6.04 Å². The number of nitriles is 1. The number of nitrogens with zero attached hydrogens (tertiary/aromatic N) is 2. The molecule has 0 aromatic rings. The first kappa shape index (κ1) is 15.4. The number of hydrogen-bond acceptors (Lipinski definition) is 4. The first-order valence-corrected chi connectivity index (χ1v) is 5.89. The van der Waals surface area contributed by atoms with Crippen LogP contribution in [0.1, 0.15) is 27.7 Å². The highest BCUT2D eigenvalue weighted by molar-refractivity contribution is 4.93. The van der Waals surface area contributed by atoms with Gasteiger partial charge in [0.25, 0.3) is 0 Å². The van der Waals surface area contributed by atoms with Gasteiger partial charge in [0.15, 0.2) is 0 Å². The summed E-state index contributed by atoms with van der Waals surface area (Å²) in [6.07, 6.45) is 0. The van der Waals surface area contributed by atoms with Crippen LogP contribution in [0.15, 0.2) is 0 Å². The summed E-state index contributed by atoms with van der Waals surface area (Å²) < 4.78 is 5.07. The van der Waals surface area contributed by atoms with Crippen molar-refractivity contribution >= 4 is 0 Å². The number of rotatable bonds is 8. The zero-order valence-electron chi connectivity index (χ0n) is 11.2. The van der Waals surface area contributed by atoms with Crippen molar-refractivity contribution in [2.24, 2.45) is 0 Å². The first-order chi connectivity index (χ1) is 7.51. The summed E-state index contributed by atoms with van der Waals surface area (Å²) in [5, 5.41) is 12.3. The highest BCUT2D eigenvalue weighted by atomic mass is 16.5. The van der Waals surface area contributed by atoms with Crippen LogP contribution in [-0.2, 0) is 4.74 Å². The average molecular weight is 227 g/mol. The van der Waals surface area contributed by atoms with Gasteiger partial charge < -0.3 is 4.74 Å². The zero-order valence-corrected chi connectivity index (χ0v) is 11.2. The summed E-state index contributed by atoms with van der Waals surface area (Å²) in [5.74, 6) is 0. The summed E-state index contributed by atoms with van der Waals surface area (Å²) in [4.78, 5) is 2.26. The molecule has 0 amide bonds. The minimum atomic E-state index is -0.112. The maximum Gasteiger partial charge on any atom is 0.108 e. The lowest BCUT2D eigenvalue weighted by atomic mass is 10.2. The van der Waals surface area contributed by atoms with Crippen molar-refractivity contribution in [3.8, 4) is 6.07 Å². The van der Waals surface area contributed by atoms with E-state index in [4.69, 9.17) is 10.00 Å². The van der Waals surface area contributed by atoms with Crippen molar-refractivity contribution in [1.29, 1.82) is 5.26 Å². The van der Waals surface area contributed by atoms with E-state index in [9.17, 15) is 0 Å². The van der Waals surface area contributed by atoms with Gasteiger partial charge in [-0.1, -0.05) is 0 Å². The molecule has 0 aliphatic carbocycles. The Balaban J connectivity index is 4.19. The lowest BCUT2D eigenvalue weighted by molar-refractivity contribution is 0.125. The fraction of sp³-hybridized carbons (Fsp3) is 0.917. The van der Waals surface area contributed by atoms with E-state index in [0.29, 0.717) is 18.7 Å². The first-order valence-electron chi connectivity index (χ1n) is 5.89. The van der Waals surface area contributed by atoms with E-state index >= 15 is 0 Å². The van der Waals surface area contributed by atoms with Gasteiger partial charge in [0.2, 0.25) is 0 Å². The highest BCUT2D eigenvalue weighted by Crippen LogP contribution is 2.00. The normalized spacial score (nSPS) is 13.4. The third kappa shape index (κ3) is 6.78. The molecule has 0 rings (SSSR count). The molecule has 1 unspecified atom stereocenters. The van der Waals surface area contributed by atoms with Gasteiger partial charge in [-0.3, -0.25) is 10.2 Å². The van der Waals surface area contributed by atoms with Crippen LogP contribution in [-0.4, -0.2) is 49.8 Å². The molecule has 0 saturated heterocycles. The molecule has 0 bridgehead atoms. The minimum absolute atomic E-state index is 0.112. The predicted molar refractivity (Wildman–Crippen MR) is 66.3 cm³/mol. The van der Waals surface area contributed by atoms with Crippen LogP contribution in [0.25, 0.3) is 0 Å². The van der Waals surface area contributed by atoms with Crippen LogP contribution in [0.3, 0.4) is 0 Å². The van der Waals surface area contributed by atoms with Crippen molar-refractivity contribution in [2.75, 3.05) is 26.8 Å². The van der Waals surface area contributed by atoms with Crippen molar-refractivity contribution in [3.05, 3.63) is 0 Å². The molecule has 0 aromatic carbocycles. The molecule has 0 spiro atoms. The monoisotopic (exact) mass is 227 g/mol. The van der Waals surface area contributed by atoms with Crippen LogP contribution >= 0.6 is 0 Å². The molecule has 0 heterocycles. The van der Waals surface area contributed by atoms with Crippen LogP contribution in [0.2, 0.25) is 0 Å². The molecule has 4 nitrogen and oxygen atoms in total. The van der Waals surface area contributed by atoms with E-state index in [0.717, 1.165) is 13.1 Å². The second-order valence-electron chi connectivity index (χ2n) is 4.58. The van der Waals surface area contributed by atoms with Crippen molar-refractivity contribution in [3.63, 3.8) is 0 Å². The van der Waals surface area contributed by atoms with Crippen LogP contribution in [0.4, 0.5) is 0 Å². The summed E-state index contributed by atoms with van der Waals surface area (Å²) in [6, 6.07) is 2.95. The van der Waals surface area contributed by atoms with E-state index in [-0.39, 0.29) is 6.04 Å². The zero-order chi connectivity index (χ0) is 12.6. The van der Waals surface area contributed by atoms with Crippen LogP contribution in [0, 0.1) is 11.3 Å². The number of ether oxygens (including phenoxy) is 1. The molecule has 0 radical (unpaired) electrons. The summed E-state index contributed by atoms with van der Waals surface area (Å²) >= 11 is 0. The van der Waals surface area contributed by atoms with E-state index < -0.39 is 0 Å². The maximum atomic E-state index is 9.06. The standard InChI is InChI=1S/C12H25N3O/c1-10(2)14-12(8-13)9-15(11(3)4)6-7-16-5/h10-12,14H,6-7,9H2,1-5H3.